The van der Waals surface area contributed by atoms with E-state index in [1.54, 1.807) is 24.3 Å². The van der Waals surface area contributed by atoms with Gasteiger partial charge in [-0.1, -0.05) is 0 Å². The van der Waals surface area contributed by atoms with Crippen molar-refractivity contribution in [3.63, 3.8) is 0 Å². The molecule has 0 aromatic heterocycles. The Balaban J connectivity index is 2.63. The number of methoxy groups -OCH3 is 1. The number of carbonyl (C=O) groups excluding carboxylic acids is 1. The largest absolute Gasteiger partial charge is 0.497 e. The van der Waals surface area contributed by atoms with Crippen molar-refractivity contribution in [2.75, 3.05) is 24.4 Å². The number of carbonyl (C=O) groups is 1. The highest BCUT2D eigenvalue weighted by atomic mass is 32.2. The molecule has 1 N–H and O–H groups in total. The average Bonchev–Trinajstić information content (AvgIpc) is 2.16. The molecule has 0 fully saturated rings. The third kappa shape index (κ3) is 4.31. The van der Waals surface area contributed by atoms with Gasteiger partial charge in [-0.3, -0.25) is 4.79 Å². The first kappa shape index (κ1) is 12.5. The second-order valence-electron chi connectivity index (χ2n) is 3.35. The van der Waals surface area contributed by atoms with Crippen LogP contribution in [0.15, 0.2) is 24.3 Å². The van der Waals surface area contributed by atoms with Crippen molar-refractivity contribution in [2.45, 2.75) is 0 Å². The van der Waals surface area contributed by atoms with Crippen molar-refractivity contribution >= 4 is 21.4 Å². The Kier molecular flexibility index (Phi) is 3.89. The summed E-state index contributed by atoms with van der Waals surface area (Å²) in [5, 5.41) is 2.48. The van der Waals surface area contributed by atoms with Gasteiger partial charge in [0.25, 0.3) is 0 Å². The lowest BCUT2D eigenvalue weighted by atomic mass is 10.3. The van der Waals surface area contributed by atoms with Crippen LogP contribution < -0.4 is 10.1 Å². The maximum atomic E-state index is 11.3. The zero-order chi connectivity index (χ0) is 12.2. The van der Waals surface area contributed by atoms with Gasteiger partial charge in [0.05, 0.1) is 7.11 Å². The Hall–Kier alpha value is -1.56. The van der Waals surface area contributed by atoms with Crippen LogP contribution in [-0.4, -0.2) is 33.4 Å². The maximum Gasteiger partial charge on any atom is 0.239 e. The van der Waals surface area contributed by atoms with Crippen LogP contribution in [-0.2, 0) is 14.6 Å². The molecule has 1 rings (SSSR count). The molecule has 0 aliphatic rings. The maximum absolute atomic E-state index is 11.3. The topological polar surface area (TPSA) is 72.5 Å². The lowest BCUT2D eigenvalue weighted by Gasteiger charge is -2.05. The molecule has 0 unspecified atom stereocenters. The van der Waals surface area contributed by atoms with E-state index in [2.05, 4.69) is 5.32 Å². The van der Waals surface area contributed by atoms with Gasteiger partial charge in [-0.2, -0.15) is 0 Å². The molecule has 0 saturated carbocycles. The average molecular weight is 243 g/mol. The van der Waals surface area contributed by atoms with Gasteiger partial charge in [-0.05, 0) is 24.3 Å². The van der Waals surface area contributed by atoms with Crippen LogP contribution in [0.25, 0.3) is 0 Å². The first-order chi connectivity index (χ1) is 7.40. The number of nitrogens with one attached hydrogen (secondary N) is 1. The van der Waals surface area contributed by atoms with Crippen LogP contribution >= 0.6 is 0 Å². The number of hydrogen-bond donors (Lipinski definition) is 1. The van der Waals surface area contributed by atoms with E-state index in [9.17, 15) is 13.2 Å². The summed E-state index contributed by atoms with van der Waals surface area (Å²) >= 11 is 0. The molecule has 0 saturated heterocycles. The van der Waals surface area contributed by atoms with Gasteiger partial charge in [0.2, 0.25) is 5.91 Å². The molecule has 1 amide bonds. The number of amides is 1. The Bertz CT molecular complexity index is 464. The Labute approximate surface area is 94.3 Å². The summed E-state index contributed by atoms with van der Waals surface area (Å²) in [6, 6.07) is 6.63. The minimum atomic E-state index is -3.29. The van der Waals surface area contributed by atoms with Crippen molar-refractivity contribution in [2.24, 2.45) is 0 Å². The zero-order valence-corrected chi connectivity index (χ0v) is 9.87. The number of ether oxygens (including phenoxy) is 1. The second-order valence-corrected chi connectivity index (χ2v) is 5.49. The number of hydrogen-bond acceptors (Lipinski definition) is 4. The van der Waals surface area contributed by atoms with E-state index in [0.29, 0.717) is 11.4 Å². The molecule has 1 aromatic rings. The summed E-state index contributed by atoms with van der Waals surface area (Å²) < 4.78 is 26.6. The third-order valence-electron chi connectivity index (χ3n) is 1.77. The standard InChI is InChI=1S/C10H13NO4S/c1-15-9-5-3-8(4-6-9)11-10(12)7-16(2,13)14/h3-6H,7H2,1-2H3,(H,11,12). The summed E-state index contributed by atoms with van der Waals surface area (Å²) in [4.78, 5) is 11.3. The van der Waals surface area contributed by atoms with Crippen molar-refractivity contribution in [1.82, 2.24) is 0 Å². The molecule has 0 radical (unpaired) electrons. The van der Waals surface area contributed by atoms with Gasteiger partial charge in [0, 0.05) is 11.9 Å². The minimum Gasteiger partial charge on any atom is -0.497 e. The fraction of sp³-hybridized carbons (Fsp3) is 0.300. The molecular formula is C10H13NO4S. The van der Waals surface area contributed by atoms with Crippen LogP contribution in [0.4, 0.5) is 5.69 Å². The highest BCUT2D eigenvalue weighted by Crippen LogP contribution is 2.14. The van der Waals surface area contributed by atoms with Crippen molar-refractivity contribution in [3.05, 3.63) is 24.3 Å². The quantitative estimate of drug-likeness (QED) is 0.844. The zero-order valence-electron chi connectivity index (χ0n) is 9.06. The fourth-order valence-electron chi connectivity index (χ4n) is 1.11. The summed E-state index contributed by atoms with van der Waals surface area (Å²) in [5.74, 6) is -0.396. The summed E-state index contributed by atoms with van der Waals surface area (Å²) in [7, 11) is -1.75. The van der Waals surface area contributed by atoms with E-state index in [4.69, 9.17) is 4.74 Å². The highest BCUT2D eigenvalue weighted by molar-refractivity contribution is 7.91. The molecule has 6 heteroatoms. The van der Waals surface area contributed by atoms with Gasteiger partial charge >= 0.3 is 0 Å². The van der Waals surface area contributed by atoms with E-state index < -0.39 is 21.5 Å². The molecular weight excluding hydrogens is 230 g/mol. The normalized spacial score (nSPS) is 10.9. The van der Waals surface area contributed by atoms with Crippen molar-refractivity contribution in [1.29, 1.82) is 0 Å². The van der Waals surface area contributed by atoms with Crippen LogP contribution in [0, 0.1) is 0 Å². The molecule has 0 heterocycles. The van der Waals surface area contributed by atoms with E-state index in [-0.39, 0.29) is 0 Å². The van der Waals surface area contributed by atoms with Crippen LogP contribution in [0.1, 0.15) is 0 Å². The third-order valence-corrected chi connectivity index (χ3v) is 2.55. The number of benzene rings is 1. The first-order valence-corrected chi connectivity index (χ1v) is 6.58. The molecule has 0 spiro atoms. The van der Waals surface area contributed by atoms with Crippen LogP contribution in [0.2, 0.25) is 0 Å². The van der Waals surface area contributed by atoms with Crippen molar-refractivity contribution in [3.8, 4) is 5.75 Å². The molecule has 0 bridgehead atoms. The number of rotatable bonds is 4. The predicted molar refractivity (Wildman–Crippen MR) is 61.3 cm³/mol. The van der Waals surface area contributed by atoms with Gasteiger partial charge < -0.3 is 10.1 Å². The van der Waals surface area contributed by atoms with Crippen molar-refractivity contribution < 1.29 is 17.9 Å². The summed E-state index contributed by atoms with van der Waals surface area (Å²) in [6.45, 7) is 0. The molecule has 0 atom stereocenters. The van der Waals surface area contributed by atoms with E-state index in [1.165, 1.54) is 7.11 Å². The van der Waals surface area contributed by atoms with Crippen LogP contribution in [0.3, 0.4) is 0 Å². The van der Waals surface area contributed by atoms with E-state index >= 15 is 0 Å². The Morgan fingerprint density at radius 2 is 1.88 bits per heavy atom. The highest BCUT2D eigenvalue weighted by Gasteiger charge is 2.10. The lowest BCUT2D eigenvalue weighted by molar-refractivity contribution is -0.113. The molecule has 5 nitrogen and oxygen atoms in total. The van der Waals surface area contributed by atoms with Gasteiger partial charge in [-0.15, -0.1) is 0 Å². The molecule has 1 aromatic carbocycles. The summed E-state index contributed by atoms with van der Waals surface area (Å²) in [6.07, 6.45) is 1.01. The van der Waals surface area contributed by atoms with E-state index in [0.717, 1.165) is 6.26 Å². The molecule has 0 aliphatic heterocycles. The van der Waals surface area contributed by atoms with Gasteiger partial charge in [-0.25, -0.2) is 8.42 Å². The number of anilines is 1. The molecule has 16 heavy (non-hydrogen) atoms. The fourth-order valence-corrected chi connectivity index (χ4v) is 1.66. The first-order valence-electron chi connectivity index (χ1n) is 4.52. The van der Waals surface area contributed by atoms with Crippen LogP contribution in [0.5, 0.6) is 5.75 Å². The predicted octanol–water partition coefficient (Wildman–Crippen LogP) is 0.678. The Morgan fingerprint density at radius 3 is 2.31 bits per heavy atom. The molecule has 88 valence electrons. The monoisotopic (exact) mass is 243 g/mol. The second kappa shape index (κ2) is 4.98. The van der Waals surface area contributed by atoms with Gasteiger partial charge in [0.1, 0.15) is 11.5 Å². The molecule has 0 aliphatic carbocycles. The summed E-state index contributed by atoms with van der Waals surface area (Å²) in [5.41, 5.74) is 0.537. The lowest BCUT2D eigenvalue weighted by Crippen LogP contribution is -2.21. The SMILES string of the molecule is COc1ccc(NC(=O)CS(C)(=O)=O)cc1. The minimum absolute atomic E-state index is 0.515. The smallest absolute Gasteiger partial charge is 0.239 e. The van der Waals surface area contributed by atoms with E-state index in [1.807, 2.05) is 0 Å². The van der Waals surface area contributed by atoms with Gasteiger partial charge in [0.15, 0.2) is 9.84 Å². The Morgan fingerprint density at radius 1 is 1.31 bits per heavy atom. The number of sulfone groups is 1.